The van der Waals surface area contributed by atoms with Crippen LogP contribution in [0.3, 0.4) is 0 Å². The number of rotatable bonds is 8. The molecule has 0 aromatic heterocycles. The molecule has 4 rings (SSSR count). The zero-order valence-corrected chi connectivity index (χ0v) is 22.5. The van der Waals surface area contributed by atoms with Gasteiger partial charge in [0.25, 0.3) is 5.91 Å². The maximum absolute atomic E-state index is 13.9. The second-order valence-electron chi connectivity index (χ2n) is 11.3. The molecule has 4 atom stereocenters. The van der Waals surface area contributed by atoms with Crippen LogP contribution in [0.25, 0.3) is 0 Å². The van der Waals surface area contributed by atoms with E-state index in [1.54, 1.807) is 4.90 Å². The molecule has 0 bridgehead atoms. The van der Waals surface area contributed by atoms with Gasteiger partial charge in [-0.15, -0.1) is 0 Å². The molecule has 0 aliphatic carbocycles. The standard InChI is InChI=1S/C28H42N4O4/c1-6-8-20-17-32(23-22(33)18-36-24(20)23)27(35)25(28(3,4)7-2)29-26(34)19-9-11-21(12-10-19)31-15-13-30(5)14-16-31/h9-12,20,23-25H,6-8,13-18H2,1-5H3,(H,29,34)/t20-,23-,24-,25?/m1/s1. The smallest absolute Gasteiger partial charge is 0.251 e. The summed E-state index contributed by atoms with van der Waals surface area (Å²) in [5.41, 5.74) is 1.15. The first-order chi connectivity index (χ1) is 17.2. The predicted octanol–water partition coefficient (Wildman–Crippen LogP) is 2.57. The van der Waals surface area contributed by atoms with Gasteiger partial charge in [-0.1, -0.05) is 34.1 Å². The van der Waals surface area contributed by atoms with Gasteiger partial charge in [0, 0.05) is 49.9 Å². The normalized spacial score (nSPS) is 25.7. The summed E-state index contributed by atoms with van der Waals surface area (Å²) in [4.78, 5) is 46.3. The molecule has 0 radical (unpaired) electrons. The average molecular weight is 499 g/mol. The van der Waals surface area contributed by atoms with E-state index in [0.29, 0.717) is 18.5 Å². The number of benzene rings is 1. The van der Waals surface area contributed by atoms with Gasteiger partial charge in [-0.05, 0) is 49.6 Å². The van der Waals surface area contributed by atoms with E-state index in [9.17, 15) is 14.4 Å². The van der Waals surface area contributed by atoms with Crippen LogP contribution in [-0.4, -0.2) is 92.0 Å². The van der Waals surface area contributed by atoms with Crippen LogP contribution in [0, 0.1) is 11.3 Å². The van der Waals surface area contributed by atoms with Crippen LogP contribution in [0.15, 0.2) is 24.3 Å². The second kappa shape index (κ2) is 10.9. The van der Waals surface area contributed by atoms with Gasteiger partial charge in [-0.3, -0.25) is 14.4 Å². The third-order valence-corrected chi connectivity index (χ3v) is 8.45. The number of amides is 2. The number of piperazine rings is 1. The van der Waals surface area contributed by atoms with Crippen LogP contribution in [0.5, 0.6) is 0 Å². The van der Waals surface area contributed by atoms with Crippen molar-refractivity contribution in [3.8, 4) is 0 Å². The molecule has 1 unspecified atom stereocenters. The van der Waals surface area contributed by atoms with Crippen molar-refractivity contribution in [2.24, 2.45) is 11.3 Å². The van der Waals surface area contributed by atoms with E-state index in [1.165, 1.54) is 0 Å². The molecule has 0 saturated carbocycles. The van der Waals surface area contributed by atoms with Gasteiger partial charge in [-0.2, -0.15) is 0 Å². The lowest BCUT2D eigenvalue weighted by atomic mass is 9.80. The lowest BCUT2D eigenvalue weighted by molar-refractivity contribution is -0.140. The molecule has 3 saturated heterocycles. The number of nitrogens with one attached hydrogen (secondary N) is 1. The Kier molecular flexibility index (Phi) is 8.05. The summed E-state index contributed by atoms with van der Waals surface area (Å²) >= 11 is 0. The summed E-state index contributed by atoms with van der Waals surface area (Å²) in [6.07, 6.45) is 2.35. The van der Waals surface area contributed by atoms with Crippen molar-refractivity contribution in [1.82, 2.24) is 15.1 Å². The first kappa shape index (κ1) is 26.6. The topological polar surface area (TPSA) is 82.2 Å². The Hall–Kier alpha value is -2.45. The van der Waals surface area contributed by atoms with E-state index in [0.717, 1.165) is 44.7 Å². The van der Waals surface area contributed by atoms with Gasteiger partial charge in [-0.25, -0.2) is 0 Å². The van der Waals surface area contributed by atoms with E-state index >= 15 is 0 Å². The summed E-state index contributed by atoms with van der Waals surface area (Å²) in [6.45, 7) is 12.6. The number of hydrogen-bond donors (Lipinski definition) is 1. The third-order valence-electron chi connectivity index (χ3n) is 8.45. The Balaban J connectivity index is 1.50. The lowest BCUT2D eigenvalue weighted by Gasteiger charge is -2.37. The lowest BCUT2D eigenvalue weighted by Crippen LogP contribution is -2.57. The first-order valence-corrected chi connectivity index (χ1v) is 13.5. The number of hydrogen-bond acceptors (Lipinski definition) is 6. The molecule has 2 amide bonds. The predicted molar refractivity (Wildman–Crippen MR) is 140 cm³/mol. The van der Waals surface area contributed by atoms with Crippen molar-refractivity contribution in [3.05, 3.63) is 29.8 Å². The zero-order valence-electron chi connectivity index (χ0n) is 22.5. The number of likely N-dealkylation sites (N-methyl/N-ethyl adjacent to an activating group) is 1. The summed E-state index contributed by atoms with van der Waals surface area (Å²) < 4.78 is 5.81. The molecule has 198 valence electrons. The Morgan fingerprint density at radius 2 is 1.78 bits per heavy atom. The van der Waals surface area contributed by atoms with E-state index in [2.05, 4.69) is 29.1 Å². The van der Waals surface area contributed by atoms with Crippen molar-refractivity contribution in [3.63, 3.8) is 0 Å². The van der Waals surface area contributed by atoms with Crippen LogP contribution >= 0.6 is 0 Å². The molecule has 0 spiro atoms. The number of nitrogens with zero attached hydrogens (tertiary/aromatic N) is 3. The molecule has 36 heavy (non-hydrogen) atoms. The average Bonchev–Trinajstić information content (AvgIpc) is 3.43. The Morgan fingerprint density at radius 3 is 2.39 bits per heavy atom. The van der Waals surface area contributed by atoms with Crippen LogP contribution in [0.4, 0.5) is 5.69 Å². The third kappa shape index (κ3) is 5.30. The van der Waals surface area contributed by atoms with E-state index < -0.39 is 17.5 Å². The first-order valence-electron chi connectivity index (χ1n) is 13.5. The molecule has 8 nitrogen and oxygen atoms in total. The Bertz CT molecular complexity index is 955. The zero-order chi connectivity index (χ0) is 26.0. The number of carbonyl (C=O) groups is 3. The van der Waals surface area contributed by atoms with Crippen LogP contribution in [0.2, 0.25) is 0 Å². The fourth-order valence-electron chi connectivity index (χ4n) is 5.67. The van der Waals surface area contributed by atoms with Crippen molar-refractivity contribution < 1.29 is 19.1 Å². The number of ether oxygens (including phenoxy) is 1. The molecule has 3 fully saturated rings. The van der Waals surface area contributed by atoms with Gasteiger partial charge in [0.1, 0.15) is 18.7 Å². The summed E-state index contributed by atoms with van der Waals surface area (Å²) in [5.74, 6) is -0.337. The molecule has 3 aliphatic rings. The van der Waals surface area contributed by atoms with Gasteiger partial charge in [0.15, 0.2) is 5.78 Å². The number of Topliss-reactive ketones (excluding diaryl/α,β-unsaturated/α-hetero) is 1. The van der Waals surface area contributed by atoms with Gasteiger partial charge in [0.05, 0.1) is 6.10 Å². The van der Waals surface area contributed by atoms with Gasteiger partial charge >= 0.3 is 0 Å². The molecule has 1 N–H and O–H groups in total. The maximum Gasteiger partial charge on any atom is 0.251 e. The van der Waals surface area contributed by atoms with E-state index in [4.69, 9.17) is 4.74 Å². The van der Waals surface area contributed by atoms with Crippen molar-refractivity contribution >= 4 is 23.3 Å². The SMILES string of the molecule is CCC[C@@H]1CN(C(=O)C(NC(=O)c2ccc(N3CCN(C)CC3)cc2)C(C)(C)CC)[C@@H]2C(=O)CO[C@H]12. The largest absolute Gasteiger partial charge is 0.369 e. The second-order valence-corrected chi connectivity index (χ2v) is 11.3. The molecule has 1 aromatic rings. The Labute approximate surface area is 215 Å². The highest BCUT2D eigenvalue weighted by Gasteiger charge is 2.53. The van der Waals surface area contributed by atoms with Crippen LogP contribution in [0.1, 0.15) is 57.3 Å². The fraction of sp³-hybridized carbons (Fsp3) is 0.679. The highest BCUT2D eigenvalue weighted by Crippen LogP contribution is 2.36. The minimum absolute atomic E-state index is 0.0363. The Morgan fingerprint density at radius 1 is 1.11 bits per heavy atom. The number of carbonyl (C=O) groups excluding carboxylic acids is 3. The number of ketones is 1. The number of anilines is 1. The minimum Gasteiger partial charge on any atom is -0.369 e. The molecular formula is C28H42N4O4. The van der Waals surface area contributed by atoms with Gasteiger partial charge < -0.3 is 24.8 Å². The monoisotopic (exact) mass is 498 g/mol. The van der Waals surface area contributed by atoms with E-state index in [1.807, 2.05) is 45.0 Å². The maximum atomic E-state index is 13.9. The van der Waals surface area contributed by atoms with Crippen molar-refractivity contribution in [2.45, 2.75) is 65.1 Å². The number of fused-ring (bicyclic) bond motifs is 1. The van der Waals surface area contributed by atoms with Gasteiger partial charge in [0.2, 0.25) is 5.91 Å². The minimum atomic E-state index is -0.735. The highest BCUT2D eigenvalue weighted by molar-refractivity contribution is 5.99. The highest BCUT2D eigenvalue weighted by atomic mass is 16.5. The molecule has 3 heterocycles. The van der Waals surface area contributed by atoms with Crippen LogP contribution < -0.4 is 10.2 Å². The quantitative estimate of drug-likeness (QED) is 0.593. The van der Waals surface area contributed by atoms with Crippen molar-refractivity contribution in [1.29, 1.82) is 0 Å². The molecule has 8 heteroatoms. The fourth-order valence-corrected chi connectivity index (χ4v) is 5.67. The van der Waals surface area contributed by atoms with Crippen LogP contribution in [-0.2, 0) is 14.3 Å². The number of likely N-dealkylation sites (tertiary alicyclic amines) is 1. The van der Waals surface area contributed by atoms with E-state index in [-0.39, 0.29) is 36.2 Å². The summed E-state index contributed by atoms with van der Waals surface area (Å²) in [5, 5.41) is 3.04. The van der Waals surface area contributed by atoms with Crippen molar-refractivity contribution in [2.75, 3.05) is 51.3 Å². The molecular weight excluding hydrogens is 456 g/mol. The summed E-state index contributed by atoms with van der Waals surface area (Å²) in [7, 11) is 2.13. The summed E-state index contributed by atoms with van der Waals surface area (Å²) in [6, 6.07) is 6.36. The molecule has 3 aliphatic heterocycles. The molecule has 1 aromatic carbocycles.